The Morgan fingerprint density at radius 1 is 1.44 bits per heavy atom. The van der Waals surface area contributed by atoms with Gasteiger partial charge < -0.3 is 15.5 Å². The van der Waals surface area contributed by atoms with Gasteiger partial charge in [0.05, 0.1) is 12.3 Å². The highest BCUT2D eigenvalue weighted by molar-refractivity contribution is 7.08. The highest BCUT2D eigenvalue weighted by Crippen LogP contribution is 2.25. The Morgan fingerprint density at radius 3 is 2.50 bits per heavy atom. The van der Waals surface area contributed by atoms with Gasteiger partial charge in [0.1, 0.15) is 4.88 Å². The predicted molar refractivity (Wildman–Crippen MR) is 64.6 cm³/mol. The minimum atomic E-state index is -1.33. The van der Waals surface area contributed by atoms with Gasteiger partial charge in [0.25, 0.3) is 5.91 Å². The molecule has 0 fully saturated rings. The number of carbonyl (C=O) groups is 2. The van der Waals surface area contributed by atoms with Crippen LogP contribution in [-0.4, -0.2) is 44.3 Å². The summed E-state index contributed by atoms with van der Waals surface area (Å²) < 4.78 is 3.71. The largest absolute Gasteiger partial charge is 0.480 e. The molecule has 0 spiro atoms. The Kier molecular flexibility index (Phi) is 4.36. The van der Waals surface area contributed by atoms with Gasteiger partial charge in [-0.1, -0.05) is 25.3 Å². The van der Waals surface area contributed by atoms with E-state index in [0.717, 1.165) is 11.5 Å². The van der Waals surface area contributed by atoms with Gasteiger partial charge >= 0.3 is 5.97 Å². The summed E-state index contributed by atoms with van der Waals surface area (Å²) >= 11 is 0.901. The average Bonchev–Trinajstić information content (AvgIpc) is 2.73. The van der Waals surface area contributed by atoms with Crippen molar-refractivity contribution in [2.45, 2.75) is 32.2 Å². The number of aliphatic hydroxyl groups is 1. The molecule has 0 radical (unpaired) electrons. The quantitative estimate of drug-likeness (QED) is 0.712. The number of nitrogens with one attached hydrogen (secondary N) is 1. The lowest BCUT2D eigenvalue weighted by Crippen LogP contribution is -2.43. The number of hydrogen-bond acceptors (Lipinski definition) is 6. The molecular formula is C10H15N3O4S. The van der Waals surface area contributed by atoms with Crippen molar-refractivity contribution in [3.05, 3.63) is 10.6 Å². The molecule has 100 valence electrons. The zero-order valence-corrected chi connectivity index (χ0v) is 11.1. The zero-order valence-electron chi connectivity index (χ0n) is 10.3. The number of rotatable bonds is 4. The standard InChI is InChI=1S/C10H15N3O4S/c1-10(2,3)7-6(18-13-12-7)8(15)11-5(4-14)9(16)17/h5,14H,4H2,1-3H3,(H,11,15)(H,16,17). The van der Waals surface area contributed by atoms with Gasteiger partial charge in [-0.15, -0.1) is 5.10 Å². The minimum Gasteiger partial charge on any atom is -0.480 e. The maximum Gasteiger partial charge on any atom is 0.328 e. The fourth-order valence-electron chi connectivity index (χ4n) is 1.24. The first kappa shape index (κ1) is 14.5. The van der Waals surface area contributed by atoms with Crippen LogP contribution in [0.1, 0.15) is 36.1 Å². The topological polar surface area (TPSA) is 112 Å². The molecule has 3 N–H and O–H groups in total. The first-order valence-corrected chi connectivity index (χ1v) is 6.02. The number of nitrogens with zero attached hydrogens (tertiary/aromatic N) is 2. The summed E-state index contributed by atoms with van der Waals surface area (Å²) in [6.07, 6.45) is 0. The molecule has 0 aliphatic rings. The highest BCUT2D eigenvalue weighted by Gasteiger charge is 2.28. The lowest BCUT2D eigenvalue weighted by atomic mass is 9.91. The molecular weight excluding hydrogens is 258 g/mol. The Bertz CT molecular complexity index is 452. The van der Waals surface area contributed by atoms with Crippen molar-refractivity contribution in [2.24, 2.45) is 0 Å². The summed E-state index contributed by atoms with van der Waals surface area (Å²) in [5.74, 6) is -1.88. The number of amides is 1. The van der Waals surface area contributed by atoms with Gasteiger partial charge in [-0.25, -0.2) is 4.79 Å². The number of aromatic nitrogens is 2. The van der Waals surface area contributed by atoms with Crippen LogP contribution in [0.25, 0.3) is 0 Å². The van der Waals surface area contributed by atoms with E-state index in [0.29, 0.717) is 5.69 Å². The van der Waals surface area contributed by atoms with E-state index in [4.69, 9.17) is 10.2 Å². The van der Waals surface area contributed by atoms with Crippen molar-refractivity contribution in [3.8, 4) is 0 Å². The lowest BCUT2D eigenvalue weighted by molar-refractivity contribution is -0.140. The van der Waals surface area contributed by atoms with Gasteiger partial charge in [-0.2, -0.15) is 0 Å². The summed E-state index contributed by atoms with van der Waals surface area (Å²) in [6, 6.07) is -1.33. The monoisotopic (exact) mass is 273 g/mol. The van der Waals surface area contributed by atoms with Crippen molar-refractivity contribution >= 4 is 23.4 Å². The van der Waals surface area contributed by atoms with Gasteiger partial charge in [0.15, 0.2) is 6.04 Å². The smallest absolute Gasteiger partial charge is 0.328 e. The van der Waals surface area contributed by atoms with E-state index in [2.05, 4.69) is 14.9 Å². The molecule has 8 heteroatoms. The van der Waals surface area contributed by atoms with Crippen molar-refractivity contribution in [1.82, 2.24) is 14.9 Å². The predicted octanol–water partition coefficient (Wildman–Crippen LogP) is 0.0109. The number of carboxylic acids is 1. The van der Waals surface area contributed by atoms with E-state index < -0.39 is 24.5 Å². The Balaban J connectivity index is 2.92. The van der Waals surface area contributed by atoms with Crippen molar-refractivity contribution in [1.29, 1.82) is 0 Å². The Labute approximate surface area is 108 Å². The third-order valence-electron chi connectivity index (χ3n) is 2.19. The van der Waals surface area contributed by atoms with Crippen LogP contribution in [0, 0.1) is 0 Å². The molecule has 1 aromatic rings. The first-order chi connectivity index (χ1) is 8.27. The van der Waals surface area contributed by atoms with Crippen molar-refractivity contribution < 1.29 is 19.8 Å². The third kappa shape index (κ3) is 3.23. The van der Waals surface area contributed by atoms with Crippen LogP contribution in [0.5, 0.6) is 0 Å². The molecule has 1 unspecified atom stereocenters. The fraction of sp³-hybridized carbons (Fsp3) is 0.600. The van der Waals surface area contributed by atoms with E-state index in [1.807, 2.05) is 20.8 Å². The number of carboxylic acid groups (broad SMARTS) is 1. The van der Waals surface area contributed by atoms with Gasteiger partial charge in [0, 0.05) is 5.41 Å². The third-order valence-corrected chi connectivity index (χ3v) is 2.92. The van der Waals surface area contributed by atoms with Crippen LogP contribution in [-0.2, 0) is 10.2 Å². The van der Waals surface area contributed by atoms with E-state index in [-0.39, 0.29) is 10.3 Å². The summed E-state index contributed by atoms with van der Waals surface area (Å²) in [5, 5.41) is 23.7. The molecule has 1 aromatic heterocycles. The molecule has 1 amide bonds. The highest BCUT2D eigenvalue weighted by atomic mass is 32.1. The Morgan fingerprint density at radius 2 is 2.06 bits per heavy atom. The molecule has 1 heterocycles. The second-order valence-electron chi connectivity index (χ2n) is 4.75. The number of aliphatic hydroxyl groups excluding tert-OH is 1. The molecule has 0 aliphatic carbocycles. The van der Waals surface area contributed by atoms with Gasteiger partial charge in [0.2, 0.25) is 0 Å². The second-order valence-corrected chi connectivity index (χ2v) is 5.50. The minimum absolute atomic E-state index is 0.266. The Hall–Kier alpha value is -1.54. The lowest BCUT2D eigenvalue weighted by Gasteiger charge is -2.17. The SMILES string of the molecule is CC(C)(C)c1nnsc1C(=O)NC(CO)C(=O)O. The molecule has 0 aromatic carbocycles. The molecule has 0 saturated carbocycles. The van der Waals surface area contributed by atoms with E-state index in [9.17, 15) is 9.59 Å². The number of hydrogen-bond donors (Lipinski definition) is 3. The summed E-state index contributed by atoms with van der Waals surface area (Å²) in [5.41, 5.74) is 0.143. The molecule has 0 aliphatic heterocycles. The van der Waals surface area contributed by atoms with Gasteiger partial charge in [-0.3, -0.25) is 4.79 Å². The van der Waals surface area contributed by atoms with Crippen LogP contribution in [0.2, 0.25) is 0 Å². The molecule has 1 rings (SSSR count). The molecule has 0 saturated heterocycles. The number of carbonyl (C=O) groups excluding carboxylic acids is 1. The molecule has 18 heavy (non-hydrogen) atoms. The van der Waals surface area contributed by atoms with Crippen LogP contribution < -0.4 is 5.32 Å². The average molecular weight is 273 g/mol. The summed E-state index contributed by atoms with van der Waals surface area (Å²) in [6.45, 7) is 4.96. The first-order valence-electron chi connectivity index (χ1n) is 5.24. The molecule has 1 atom stereocenters. The summed E-state index contributed by atoms with van der Waals surface area (Å²) in [4.78, 5) is 22.9. The zero-order chi connectivity index (χ0) is 13.9. The summed E-state index contributed by atoms with van der Waals surface area (Å²) in [7, 11) is 0. The number of aliphatic carboxylic acids is 1. The van der Waals surface area contributed by atoms with E-state index >= 15 is 0 Å². The maximum absolute atomic E-state index is 11.9. The normalized spacial score (nSPS) is 13.1. The van der Waals surface area contributed by atoms with Gasteiger partial charge in [-0.05, 0) is 11.5 Å². The van der Waals surface area contributed by atoms with Crippen LogP contribution >= 0.6 is 11.5 Å². The fourth-order valence-corrected chi connectivity index (χ4v) is 2.02. The van der Waals surface area contributed by atoms with E-state index in [1.54, 1.807) is 0 Å². The van der Waals surface area contributed by atoms with E-state index in [1.165, 1.54) is 0 Å². The van der Waals surface area contributed by atoms with Crippen molar-refractivity contribution in [3.63, 3.8) is 0 Å². The van der Waals surface area contributed by atoms with Crippen LogP contribution in [0.4, 0.5) is 0 Å². The van der Waals surface area contributed by atoms with Crippen LogP contribution in [0.3, 0.4) is 0 Å². The van der Waals surface area contributed by atoms with Crippen molar-refractivity contribution in [2.75, 3.05) is 6.61 Å². The molecule has 7 nitrogen and oxygen atoms in total. The molecule has 0 bridgehead atoms. The van der Waals surface area contributed by atoms with Crippen LogP contribution in [0.15, 0.2) is 0 Å². The maximum atomic E-state index is 11.9. The second kappa shape index (κ2) is 5.40.